The molecule has 1 atom stereocenters. The standard InChI is InChI=1S/C15H18N6O2/c1-10-9-20(6-7-21(10)12-8-16-4-5-17-12)15(22)14-18-13(19-23-14)11-2-3-11/h4-5,8,10-11H,2-3,6-7,9H2,1H3. The van der Waals surface area contributed by atoms with Crippen molar-refractivity contribution < 1.29 is 9.32 Å². The Kier molecular flexibility index (Phi) is 3.44. The third-order valence-corrected chi connectivity index (χ3v) is 4.33. The van der Waals surface area contributed by atoms with E-state index in [2.05, 4.69) is 31.9 Å². The molecule has 1 saturated carbocycles. The first kappa shape index (κ1) is 14.1. The van der Waals surface area contributed by atoms with E-state index in [1.54, 1.807) is 23.5 Å². The molecule has 1 aliphatic carbocycles. The Hall–Kier alpha value is -2.51. The van der Waals surface area contributed by atoms with Gasteiger partial charge in [-0.1, -0.05) is 5.16 Å². The van der Waals surface area contributed by atoms with Crippen LogP contribution in [0.15, 0.2) is 23.1 Å². The van der Waals surface area contributed by atoms with Gasteiger partial charge in [0.15, 0.2) is 5.82 Å². The molecule has 2 fully saturated rings. The largest absolute Gasteiger partial charge is 0.349 e. The van der Waals surface area contributed by atoms with Gasteiger partial charge in [0.2, 0.25) is 0 Å². The molecule has 3 heterocycles. The van der Waals surface area contributed by atoms with Crippen molar-refractivity contribution in [2.24, 2.45) is 0 Å². The van der Waals surface area contributed by atoms with E-state index in [0.717, 1.165) is 18.7 Å². The molecular weight excluding hydrogens is 296 g/mol. The van der Waals surface area contributed by atoms with Gasteiger partial charge >= 0.3 is 11.8 Å². The van der Waals surface area contributed by atoms with Gasteiger partial charge in [0.1, 0.15) is 5.82 Å². The Balaban J connectivity index is 1.44. The number of carbonyl (C=O) groups excluding carboxylic acids is 1. The molecule has 0 aromatic carbocycles. The van der Waals surface area contributed by atoms with E-state index in [1.165, 1.54) is 0 Å². The lowest BCUT2D eigenvalue weighted by Crippen LogP contribution is -2.54. The third kappa shape index (κ3) is 2.76. The van der Waals surface area contributed by atoms with Crippen molar-refractivity contribution in [2.45, 2.75) is 31.7 Å². The summed E-state index contributed by atoms with van der Waals surface area (Å²) in [4.78, 5) is 29.1. The van der Waals surface area contributed by atoms with Gasteiger partial charge in [0.05, 0.1) is 6.20 Å². The molecular formula is C15H18N6O2. The Morgan fingerprint density at radius 3 is 2.87 bits per heavy atom. The molecule has 1 aliphatic heterocycles. The smallest absolute Gasteiger partial charge is 0.316 e. The summed E-state index contributed by atoms with van der Waals surface area (Å²) in [5, 5.41) is 3.91. The number of rotatable bonds is 3. The number of amides is 1. The van der Waals surface area contributed by atoms with Crippen molar-refractivity contribution in [3.63, 3.8) is 0 Å². The maximum Gasteiger partial charge on any atom is 0.316 e. The molecule has 1 saturated heterocycles. The zero-order chi connectivity index (χ0) is 15.8. The lowest BCUT2D eigenvalue weighted by Gasteiger charge is -2.39. The van der Waals surface area contributed by atoms with Gasteiger partial charge in [-0.15, -0.1) is 0 Å². The summed E-state index contributed by atoms with van der Waals surface area (Å²) in [5.74, 6) is 1.80. The van der Waals surface area contributed by atoms with Crippen molar-refractivity contribution >= 4 is 11.7 Å². The van der Waals surface area contributed by atoms with E-state index >= 15 is 0 Å². The minimum Gasteiger partial charge on any atom is -0.349 e. The fourth-order valence-corrected chi connectivity index (χ4v) is 2.89. The van der Waals surface area contributed by atoms with Crippen LogP contribution >= 0.6 is 0 Å². The first-order chi connectivity index (χ1) is 11.2. The maximum atomic E-state index is 12.5. The quantitative estimate of drug-likeness (QED) is 0.837. The number of aromatic nitrogens is 4. The molecule has 0 N–H and O–H groups in total. The van der Waals surface area contributed by atoms with Crippen LogP contribution in [0.1, 0.15) is 42.2 Å². The molecule has 2 aromatic heterocycles. The second-order valence-corrected chi connectivity index (χ2v) is 6.09. The Labute approximate surface area is 133 Å². The molecule has 1 amide bonds. The van der Waals surface area contributed by atoms with Gasteiger partial charge in [0, 0.05) is 44.0 Å². The summed E-state index contributed by atoms with van der Waals surface area (Å²) in [6.07, 6.45) is 7.24. The normalized spacial score (nSPS) is 21.5. The van der Waals surface area contributed by atoms with Crippen molar-refractivity contribution in [3.05, 3.63) is 30.3 Å². The lowest BCUT2D eigenvalue weighted by molar-refractivity contribution is 0.0676. The summed E-state index contributed by atoms with van der Waals surface area (Å²) in [6.45, 7) is 3.96. The van der Waals surface area contributed by atoms with Crippen molar-refractivity contribution in [1.29, 1.82) is 0 Å². The summed E-state index contributed by atoms with van der Waals surface area (Å²) >= 11 is 0. The Morgan fingerprint density at radius 2 is 2.17 bits per heavy atom. The van der Waals surface area contributed by atoms with Crippen molar-refractivity contribution in [1.82, 2.24) is 25.0 Å². The van der Waals surface area contributed by atoms with Crippen LogP contribution in [0.25, 0.3) is 0 Å². The summed E-state index contributed by atoms with van der Waals surface area (Å²) < 4.78 is 5.14. The zero-order valence-electron chi connectivity index (χ0n) is 12.9. The predicted molar refractivity (Wildman–Crippen MR) is 81.0 cm³/mol. The molecule has 23 heavy (non-hydrogen) atoms. The SMILES string of the molecule is CC1CN(C(=O)c2nc(C3CC3)no2)CCN1c1cnccn1. The highest BCUT2D eigenvalue weighted by molar-refractivity contribution is 5.89. The van der Waals surface area contributed by atoms with Crippen LogP contribution in [0.4, 0.5) is 5.82 Å². The van der Waals surface area contributed by atoms with Crippen LogP contribution in [0.5, 0.6) is 0 Å². The van der Waals surface area contributed by atoms with Crippen LogP contribution < -0.4 is 4.90 Å². The molecule has 2 aliphatic rings. The third-order valence-electron chi connectivity index (χ3n) is 4.33. The molecule has 0 radical (unpaired) electrons. The van der Waals surface area contributed by atoms with E-state index in [4.69, 9.17) is 4.52 Å². The highest BCUT2D eigenvalue weighted by Gasteiger charge is 2.33. The van der Waals surface area contributed by atoms with Gasteiger partial charge in [-0.05, 0) is 19.8 Å². The molecule has 1 unspecified atom stereocenters. The lowest BCUT2D eigenvalue weighted by atomic mass is 10.2. The highest BCUT2D eigenvalue weighted by atomic mass is 16.5. The van der Waals surface area contributed by atoms with E-state index in [1.807, 2.05) is 0 Å². The summed E-state index contributed by atoms with van der Waals surface area (Å²) in [6, 6.07) is 0.148. The molecule has 4 rings (SSSR count). The number of hydrogen-bond acceptors (Lipinski definition) is 7. The van der Waals surface area contributed by atoms with Gasteiger partial charge in [0.25, 0.3) is 0 Å². The average molecular weight is 314 g/mol. The monoisotopic (exact) mass is 314 g/mol. The van der Waals surface area contributed by atoms with Crippen molar-refractivity contribution in [3.8, 4) is 0 Å². The van der Waals surface area contributed by atoms with Crippen LogP contribution in [0.3, 0.4) is 0 Å². The Bertz CT molecular complexity index is 699. The predicted octanol–water partition coefficient (Wildman–Crippen LogP) is 1.09. The second kappa shape index (κ2) is 5.60. The van der Waals surface area contributed by atoms with Crippen LogP contribution in [-0.2, 0) is 0 Å². The van der Waals surface area contributed by atoms with E-state index in [9.17, 15) is 4.79 Å². The molecule has 0 bridgehead atoms. The molecule has 0 spiro atoms. The molecule has 8 nitrogen and oxygen atoms in total. The summed E-state index contributed by atoms with van der Waals surface area (Å²) in [7, 11) is 0. The van der Waals surface area contributed by atoms with Crippen LogP contribution in [-0.4, -0.2) is 56.6 Å². The number of anilines is 1. The van der Waals surface area contributed by atoms with Gasteiger partial charge in [-0.2, -0.15) is 4.98 Å². The second-order valence-electron chi connectivity index (χ2n) is 6.09. The average Bonchev–Trinajstić information content (AvgIpc) is 3.32. The topological polar surface area (TPSA) is 88.3 Å². The van der Waals surface area contributed by atoms with E-state index < -0.39 is 0 Å². The van der Waals surface area contributed by atoms with E-state index in [0.29, 0.717) is 31.4 Å². The van der Waals surface area contributed by atoms with Gasteiger partial charge in [-0.3, -0.25) is 9.78 Å². The molecule has 8 heteroatoms. The Morgan fingerprint density at radius 1 is 1.30 bits per heavy atom. The van der Waals surface area contributed by atoms with Crippen molar-refractivity contribution in [2.75, 3.05) is 24.5 Å². The highest BCUT2D eigenvalue weighted by Crippen LogP contribution is 2.38. The van der Waals surface area contributed by atoms with E-state index in [-0.39, 0.29) is 17.8 Å². The first-order valence-electron chi connectivity index (χ1n) is 7.88. The number of carbonyl (C=O) groups is 1. The molecule has 120 valence electrons. The summed E-state index contributed by atoms with van der Waals surface area (Å²) in [5.41, 5.74) is 0. The maximum absolute atomic E-state index is 12.5. The van der Waals surface area contributed by atoms with Crippen LogP contribution in [0.2, 0.25) is 0 Å². The number of piperazine rings is 1. The number of nitrogens with zero attached hydrogens (tertiary/aromatic N) is 6. The van der Waals surface area contributed by atoms with Gasteiger partial charge in [-0.25, -0.2) is 4.98 Å². The van der Waals surface area contributed by atoms with Crippen LogP contribution in [0, 0.1) is 0 Å². The fourth-order valence-electron chi connectivity index (χ4n) is 2.89. The minimum absolute atomic E-state index is 0.104. The van der Waals surface area contributed by atoms with Gasteiger partial charge < -0.3 is 14.3 Å². The zero-order valence-corrected chi connectivity index (χ0v) is 12.9. The fraction of sp³-hybridized carbons (Fsp3) is 0.533. The molecule has 2 aromatic rings. The minimum atomic E-state index is -0.185. The first-order valence-corrected chi connectivity index (χ1v) is 7.88. The number of hydrogen-bond donors (Lipinski definition) is 0.